The number of carbonyl (C=O) groups excluding carboxylic acids is 2. The number of H-pyrrole nitrogens is 1. The number of hydrogen-bond acceptors (Lipinski definition) is 4. The second-order valence-corrected chi connectivity index (χ2v) is 7.50. The van der Waals surface area contributed by atoms with Crippen molar-refractivity contribution in [3.63, 3.8) is 0 Å². The van der Waals surface area contributed by atoms with Crippen LogP contribution in [0, 0.1) is 6.57 Å². The zero-order chi connectivity index (χ0) is 20.8. The highest BCUT2D eigenvalue weighted by Gasteiger charge is 2.44. The van der Waals surface area contributed by atoms with Gasteiger partial charge in [0.05, 0.1) is 29.8 Å². The van der Waals surface area contributed by atoms with Gasteiger partial charge in [-0.1, -0.05) is 41.9 Å². The van der Waals surface area contributed by atoms with Crippen molar-refractivity contribution in [3.8, 4) is 0 Å². The van der Waals surface area contributed by atoms with Crippen molar-refractivity contribution in [2.75, 3.05) is 6.54 Å². The molecule has 30 heavy (non-hydrogen) atoms. The highest BCUT2D eigenvalue weighted by atomic mass is 35.5. The van der Waals surface area contributed by atoms with E-state index < -0.39 is 12.0 Å². The number of carbonyl (C=O) groups is 2. The topological polar surface area (TPSA) is 82.8 Å². The zero-order valence-electron chi connectivity index (χ0n) is 15.5. The van der Waals surface area contributed by atoms with Gasteiger partial charge in [-0.15, -0.1) is 0 Å². The number of rotatable bonds is 3. The maximum absolute atomic E-state index is 12.8. The summed E-state index contributed by atoms with van der Waals surface area (Å²) in [6.45, 7) is 7.79. The van der Waals surface area contributed by atoms with E-state index in [0.717, 1.165) is 16.0 Å². The van der Waals surface area contributed by atoms with E-state index in [4.69, 9.17) is 18.2 Å². The molecule has 2 aliphatic rings. The van der Waals surface area contributed by atoms with E-state index in [1.807, 2.05) is 18.2 Å². The molecule has 0 saturated carbocycles. The Labute approximate surface area is 176 Å². The van der Waals surface area contributed by atoms with Crippen LogP contribution in [0.25, 0.3) is 4.85 Å². The minimum atomic E-state index is -0.723. The predicted octanol–water partition coefficient (Wildman–Crippen LogP) is 3.87. The first-order valence-electron chi connectivity index (χ1n) is 9.27. The van der Waals surface area contributed by atoms with E-state index in [2.05, 4.69) is 20.0 Å². The fourth-order valence-corrected chi connectivity index (χ4v) is 4.32. The van der Waals surface area contributed by atoms with Crippen molar-refractivity contribution in [2.45, 2.75) is 12.0 Å². The van der Waals surface area contributed by atoms with Gasteiger partial charge in [0.15, 0.2) is 5.82 Å². The smallest absolute Gasteiger partial charge is 0.274 e. The molecule has 2 amide bonds. The van der Waals surface area contributed by atoms with Gasteiger partial charge in [0.25, 0.3) is 17.9 Å². The summed E-state index contributed by atoms with van der Waals surface area (Å²) in [6.07, 6.45) is 1.64. The SMILES string of the molecule is [C-]#[N+]C1C(CN2C(=O)c3ccccc3C2=O)=Nc2[nH]ncc2C1c1ccccc1Cl. The van der Waals surface area contributed by atoms with Crippen molar-refractivity contribution in [1.82, 2.24) is 15.1 Å². The molecule has 0 bridgehead atoms. The lowest BCUT2D eigenvalue weighted by atomic mass is 9.82. The molecule has 8 heteroatoms. The Morgan fingerprint density at radius 3 is 2.37 bits per heavy atom. The number of aliphatic imine (C=N–C) groups is 1. The van der Waals surface area contributed by atoms with E-state index in [1.165, 1.54) is 0 Å². The second kappa shape index (κ2) is 6.94. The lowest BCUT2D eigenvalue weighted by Crippen LogP contribution is -2.41. The number of amides is 2. The lowest BCUT2D eigenvalue weighted by molar-refractivity contribution is 0.0676. The van der Waals surface area contributed by atoms with Crippen LogP contribution in [0.15, 0.2) is 59.7 Å². The number of nitrogens with one attached hydrogen (secondary N) is 1. The summed E-state index contributed by atoms with van der Waals surface area (Å²) in [7, 11) is 0. The molecule has 146 valence electrons. The fourth-order valence-electron chi connectivity index (χ4n) is 4.07. The van der Waals surface area contributed by atoms with Crippen molar-refractivity contribution >= 4 is 34.9 Å². The van der Waals surface area contributed by atoms with Crippen LogP contribution in [0.1, 0.15) is 37.8 Å². The molecule has 0 radical (unpaired) electrons. The summed E-state index contributed by atoms with van der Waals surface area (Å²) in [5.41, 5.74) is 2.68. The van der Waals surface area contributed by atoms with Crippen LogP contribution in [0.3, 0.4) is 0 Å². The van der Waals surface area contributed by atoms with E-state index in [1.54, 1.807) is 36.5 Å². The van der Waals surface area contributed by atoms with Crippen LogP contribution in [-0.2, 0) is 0 Å². The molecule has 1 aromatic heterocycles. The van der Waals surface area contributed by atoms with Gasteiger partial charge in [-0.2, -0.15) is 5.10 Å². The van der Waals surface area contributed by atoms with Crippen LogP contribution in [0.5, 0.6) is 0 Å². The molecular weight excluding hydrogens is 402 g/mol. The van der Waals surface area contributed by atoms with Gasteiger partial charge in [-0.3, -0.25) is 19.6 Å². The number of aromatic nitrogens is 2. The summed E-state index contributed by atoms with van der Waals surface area (Å²) in [5.74, 6) is -0.669. The Morgan fingerprint density at radius 2 is 1.70 bits per heavy atom. The molecule has 0 aliphatic carbocycles. The standard InChI is InChI=1S/C22H14ClN5O2/c1-24-19-17(11-28-21(29)12-6-2-3-7-13(12)22(28)30)26-20-15(10-25-27-20)18(19)14-8-4-5-9-16(14)23/h2-10,18-19H,11H2,(H,25,27). The molecule has 0 fully saturated rings. The third-order valence-corrected chi connectivity index (χ3v) is 5.82. The molecule has 0 saturated heterocycles. The van der Waals surface area contributed by atoms with Gasteiger partial charge in [-0.05, 0) is 23.8 Å². The molecule has 3 heterocycles. The van der Waals surface area contributed by atoms with Gasteiger partial charge >= 0.3 is 0 Å². The molecule has 7 nitrogen and oxygen atoms in total. The van der Waals surface area contributed by atoms with Crippen LogP contribution >= 0.6 is 11.6 Å². The zero-order valence-corrected chi connectivity index (χ0v) is 16.3. The Balaban J connectivity index is 1.57. The Hall–Kier alpha value is -3.76. The van der Waals surface area contributed by atoms with Gasteiger partial charge in [0, 0.05) is 10.6 Å². The average molecular weight is 416 g/mol. The number of halogens is 1. The van der Waals surface area contributed by atoms with Crippen molar-refractivity contribution in [2.24, 2.45) is 4.99 Å². The third-order valence-electron chi connectivity index (χ3n) is 5.47. The van der Waals surface area contributed by atoms with Crippen LogP contribution in [-0.4, -0.2) is 45.2 Å². The molecule has 2 aromatic carbocycles. The molecule has 2 aliphatic heterocycles. The average Bonchev–Trinajstić information content (AvgIpc) is 3.32. The Bertz CT molecular complexity index is 1240. The van der Waals surface area contributed by atoms with Crippen molar-refractivity contribution < 1.29 is 9.59 Å². The van der Waals surface area contributed by atoms with Gasteiger partial charge < -0.3 is 4.85 Å². The molecular formula is C22H14ClN5O2. The van der Waals surface area contributed by atoms with E-state index >= 15 is 0 Å². The van der Waals surface area contributed by atoms with E-state index in [9.17, 15) is 9.59 Å². The molecule has 2 unspecified atom stereocenters. The van der Waals surface area contributed by atoms with E-state index in [-0.39, 0.29) is 18.4 Å². The molecule has 3 aromatic rings. The summed E-state index contributed by atoms with van der Waals surface area (Å²) >= 11 is 6.45. The number of fused-ring (bicyclic) bond motifs is 2. The number of benzene rings is 2. The quantitative estimate of drug-likeness (QED) is 0.520. The molecule has 2 atom stereocenters. The summed E-state index contributed by atoms with van der Waals surface area (Å²) in [4.78, 5) is 35.1. The summed E-state index contributed by atoms with van der Waals surface area (Å²) in [6, 6.07) is 13.3. The largest absolute Gasteiger partial charge is 0.306 e. The van der Waals surface area contributed by atoms with E-state index in [0.29, 0.717) is 27.7 Å². The van der Waals surface area contributed by atoms with Gasteiger partial charge in [-0.25, -0.2) is 11.6 Å². The highest BCUT2D eigenvalue weighted by molar-refractivity contribution is 6.31. The fraction of sp³-hybridized carbons (Fsp3) is 0.136. The maximum atomic E-state index is 12.8. The van der Waals surface area contributed by atoms with Crippen molar-refractivity contribution in [1.29, 1.82) is 0 Å². The maximum Gasteiger partial charge on any atom is 0.274 e. The predicted molar refractivity (Wildman–Crippen MR) is 111 cm³/mol. The van der Waals surface area contributed by atoms with Crippen LogP contribution in [0.2, 0.25) is 5.02 Å². The number of imide groups is 1. The minimum absolute atomic E-state index is 0.0706. The Morgan fingerprint density at radius 1 is 1.03 bits per heavy atom. The monoisotopic (exact) mass is 415 g/mol. The first kappa shape index (κ1) is 18.3. The van der Waals surface area contributed by atoms with Gasteiger partial charge in [0.1, 0.15) is 5.71 Å². The molecule has 1 N–H and O–H groups in total. The molecule has 5 rings (SSSR count). The highest BCUT2D eigenvalue weighted by Crippen LogP contribution is 2.42. The van der Waals surface area contributed by atoms with Crippen molar-refractivity contribution in [3.05, 3.63) is 93.4 Å². The molecule has 0 spiro atoms. The number of aromatic amines is 1. The van der Waals surface area contributed by atoms with Crippen LogP contribution < -0.4 is 0 Å². The first-order valence-corrected chi connectivity index (χ1v) is 9.65. The second-order valence-electron chi connectivity index (χ2n) is 7.09. The lowest BCUT2D eigenvalue weighted by Gasteiger charge is -2.26. The Kier molecular flexibility index (Phi) is 4.23. The normalized spacial score (nSPS) is 19.9. The third kappa shape index (κ3) is 2.65. The summed E-state index contributed by atoms with van der Waals surface area (Å²) in [5, 5.41) is 7.46. The number of nitrogens with zero attached hydrogens (tertiary/aromatic N) is 4. The first-order chi connectivity index (χ1) is 14.6. The van der Waals surface area contributed by atoms with Crippen LogP contribution in [0.4, 0.5) is 5.82 Å². The summed E-state index contributed by atoms with van der Waals surface area (Å²) < 4.78 is 0. The van der Waals surface area contributed by atoms with Gasteiger partial charge in [0.2, 0.25) is 0 Å². The minimum Gasteiger partial charge on any atom is -0.306 e. The number of hydrogen-bond donors (Lipinski definition) is 1.